The van der Waals surface area contributed by atoms with E-state index in [9.17, 15) is 4.79 Å². The fourth-order valence-corrected chi connectivity index (χ4v) is 2.96. The molecule has 0 N–H and O–H groups in total. The Labute approximate surface area is 119 Å². The molecule has 1 aromatic rings. The summed E-state index contributed by atoms with van der Waals surface area (Å²) >= 11 is 1.65. The fraction of sp³-hybridized carbons (Fsp3) is 0.533. The average Bonchev–Trinajstić information content (AvgIpc) is 2.46. The van der Waals surface area contributed by atoms with E-state index >= 15 is 0 Å². The molecule has 1 aromatic carbocycles. The van der Waals surface area contributed by atoms with Gasteiger partial charge in [-0.25, -0.2) is 0 Å². The third-order valence-electron chi connectivity index (χ3n) is 3.70. The molecule has 0 saturated carbocycles. The largest absolute Gasteiger partial charge is 0.496 e. The Kier molecular flexibility index (Phi) is 4.75. The van der Waals surface area contributed by atoms with Gasteiger partial charge >= 0.3 is 0 Å². The van der Waals surface area contributed by atoms with Crippen LogP contribution in [0.2, 0.25) is 0 Å². The lowest BCUT2D eigenvalue weighted by molar-refractivity contribution is 0.0632. The van der Waals surface area contributed by atoms with Crippen LogP contribution in [0.25, 0.3) is 0 Å². The molecule has 2 rings (SSSR count). The number of hydrogen-bond acceptors (Lipinski definition) is 3. The number of carbonyl (C=O) groups is 1. The fourth-order valence-electron chi connectivity index (χ4n) is 2.53. The molecule has 19 heavy (non-hydrogen) atoms. The highest BCUT2D eigenvalue weighted by Gasteiger charge is 2.26. The molecular weight excluding hydrogens is 258 g/mol. The summed E-state index contributed by atoms with van der Waals surface area (Å²) in [5.74, 6) is 0.770. The summed E-state index contributed by atoms with van der Waals surface area (Å²) in [7, 11) is 1.62. The molecule has 1 aliphatic rings. The van der Waals surface area contributed by atoms with E-state index in [1.165, 1.54) is 6.42 Å². The van der Waals surface area contributed by atoms with Crippen molar-refractivity contribution in [3.8, 4) is 5.75 Å². The van der Waals surface area contributed by atoms with Gasteiger partial charge in [-0.2, -0.15) is 0 Å². The highest BCUT2D eigenvalue weighted by Crippen LogP contribution is 2.28. The van der Waals surface area contributed by atoms with E-state index in [2.05, 4.69) is 6.92 Å². The smallest absolute Gasteiger partial charge is 0.257 e. The Morgan fingerprint density at radius 2 is 2.21 bits per heavy atom. The number of amides is 1. The van der Waals surface area contributed by atoms with Crippen LogP contribution in [-0.4, -0.2) is 36.8 Å². The summed E-state index contributed by atoms with van der Waals surface area (Å²) in [6, 6.07) is 6.13. The third kappa shape index (κ3) is 3.06. The van der Waals surface area contributed by atoms with Crippen LogP contribution >= 0.6 is 11.8 Å². The maximum absolute atomic E-state index is 12.6. The third-order valence-corrected chi connectivity index (χ3v) is 4.43. The van der Waals surface area contributed by atoms with Crippen molar-refractivity contribution in [3.63, 3.8) is 0 Å². The first-order chi connectivity index (χ1) is 9.17. The van der Waals surface area contributed by atoms with Gasteiger partial charge < -0.3 is 9.64 Å². The second-order valence-corrected chi connectivity index (χ2v) is 5.79. The molecular formula is C15H21NO2S. The van der Waals surface area contributed by atoms with Crippen molar-refractivity contribution < 1.29 is 9.53 Å². The lowest BCUT2D eigenvalue weighted by atomic mass is 10.0. The van der Waals surface area contributed by atoms with Crippen LogP contribution in [0.15, 0.2) is 23.1 Å². The minimum Gasteiger partial charge on any atom is -0.496 e. The molecule has 0 unspecified atom stereocenters. The first-order valence-electron chi connectivity index (χ1n) is 6.70. The first kappa shape index (κ1) is 14.3. The number of ether oxygens (including phenoxy) is 1. The number of benzene rings is 1. The van der Waals surface area contributed by atoms with Crippen LogP contribution in [-0.2, 0) is 0 Å². The highest BCUT2D eigenvalue weighted by molar-refractivity contribution is 7.98. The Morgan fingerprint density at radius 1 is 1.42 bits per heavy atom. The number of nitrogens with zero attached hydrogens (tertiary/aromatic N) is 1. The van der Waals surface area contributed by atoms with Gasteiger partial charge in [-0.3, -0.25) is 4.79 Å². The second-order valence-electron chi connectivity index (χ2n) is 4.91. The van der Waals surface area contributed by atoms with Crippen LogP contribution in [0.3, 0.4) is 0 Å². The van der Waals surface area contributed by atoms with Gasteiger partial charge in [0.15, 0.2) is 0 Å². The Balaban J connectivity index is 2.27. The van der Waals surface area contributed by atoms with Crippen LogP contribution in [0.4, 0.5) is 0 Å². The summed E-state index contributed by atoms with van der Waals surface area (Å²) < 4.78 is 5.37. The number of rotatable bonds is 3. The molecule has 0 radical (unpaired) electrons. The van der Waals surface area contributed by atoms with Gasteiger partial charge in [0.05, 0.1) is 12.7 Å². The van der Waals surface area contributed by atoms with Crippen molar-refractivity contribution in [2.45, 2.75) is 37.1 Å². The molecule has 4 heteroatoms. The molecule has 1 heterocycles. The second kappa shape index (κ2) is 6.33. The topological polar surface area (TPSA) is 29.5 Å². The lowest BCUT2D eigenvalue weighted by Crippen LogP contribution is -2.42. The Bertz CT molecular complexity index is 461. The van der Waals surface area contributed by atoms with E-state index in [-0.39, 0.29) is 5.91 Å². The molecule has 1 amide bonds. The van der Waals surface area contributed by atoms with Gasteiger partial charge in [-0.1, -0.05) is 0 Å². The van der Waals surface area contributed by atoms with E-state index in [0.29, 0.717) is 17.4 Å². The highest BCUT2D eigenvalue weighted by atomic mass is 32.2. The molecule has 1 fully saturated rings. The van der Waals surface area contributed by atoms with Crippen molar-refractivity contribution >= 4 is 17.7 Å². The molecule has 0 bridgehead atoms. The van der Waals surface area contributed by atoms with Crippen molar-refractivity contribution in [2.75, 3.05) is 19.9 Å². The summed E-state index contributed by atoms with van der Waals surface area (Å²) in [5, 5.41) is 0. The van der Waals surface area contributed by atoms with Crippen molar-refractivity contribution in [1.29, 1.82) is 0 Å². The number of piperidine rings is 1. The Hall–Kier alpha value is -1.16. The Morgan fingerprint density at radius 3 is 2.84 bits per heavy atom. The number of hydrogen-bond donors (Lipinski definition) is 0. The maximum atomic E-state index is 12.6. The van der Waals surface area contributed by atoms with Crippen molar-refractivity contribution in [2.24, 2.45) is 0 Å². The monoisotopic (exact) mass is 279 g/mol. The van der Waals surface area contributed by atoms with Gasteiger partial charge in [-0.05, 0) is 50.6 Å². The summed E-state index contributed by atoms with van der Waals surface area (Å²) in [4.78, 5) is 15.7. The van der Waals surface area contributed by atoms with Crippen LogP contribution in [0.1, 0.15) is 36.5 Å². The minimum absolute atomic E-state index is 0.0942. The molecule has 1 aliphatic heterocycles. The molecule has 0 aliphatic carbocycles. The van der Waals surface area contributed by atoms with Gasteiger partial charge in [0.2, 0.25) is 0 Å². The first-order valence-corrected chi connectivity index (χ1v) is 7.93. The predicted octanol–water partition coefficient (Wildman–Crippen LogP) is 3.43. The van der Waals surface area contributed by atoms with Gasteiger partial charge in [0.25, 0.3) is 5.91 Å². The molecule has 0 aromatic heterocycles. The number of methoxy groups -OCH3 is 1. The number of carbonyl (C=O) groups excluding carboxylic acids is 1. The van der Waals surface area contributed by atoms with Crippen molar-refractivity contribution in [3.05, 3.63) is 23.8 Å². The summed E-state index contributed by atoms with van der Waals surface area (Å²) in [5.41, 5.74) is 0.675. The maximum Gasteiger partial charge on any atom is 0.257 e. The van der Waals surface area contributed by atoms with Crippen LogP contribution < -0.4 is 4.74 Å². The average molecular weight is 279 g/mol. The predicted molar refractivity (Wildman–Crippen MR) is 79.1 cm³/mol. The summed E-state index contributed by atoms with van der Waals surface area (Å²) in [6.07, 6.45) is 5.43. The SMILES string of the molecule is COc1cc(SC)ccc1C(=O)N1CCCC[C@H]1C. The zero-order chi connectivity index (χ0) is 13.8. The molecule has 3 nitrogen and oxygen atoms in total. The van der Waals surface area contributed by atoms with Gasteiger partial charge in [0, 0.05) is 17.5 Å². The number of thioether (sulfide) groups is 1. The van der Waals surface area contributed by atoms with E-state index in [4.69, 9.17) is 4.74 Å². The van der Waals surface area contributed by atoms with Crippen LogP contribution in [0, 0.1) is 0 Å². The molecule has 0 spiro atoms. The van der Waals surface area contributed by atoms with E-state index in [0.717, 1.165) is 24.3 Å². The molecule has 104 valence electrons. The zero-order valence-electron chi connectivity index (χ0n) is 11.8. The van der Waals surface area contributed by atoms with E-state index in [1.807, 2.05) is 29.4 Å². The van der Waals surface area contributed by atoms with E-state index < -0.39 is 0 Å². The van der Waals surface area contributed by atoms with Crippen LogP contribution in [0.5, 0.6) is 5.75 Å². The molecule has 1 saturated heterocycles. The normalized spacial score (nSPS) is 19.3. The van der Waals surface area contributed by atoms with E-state index in [1.54, 1.807) is 18.9 Å². The number of likely N-dealkylation sites (tertiary alicyclic amines) is 1. The quantitative estimate of drug-likeness (QED) is 0.794. The van der Waals surface area contributed by atoms with Gasteiger partial charge in [0.1, 0.15) is 5.75 Å². The molecule has 1 atom stereocenters. The summed E-state index contributed by atoms with van der Waals surface area (Å²) in [6.45, 7) is 2.98. The standard InChI is InChI=1S/C15H21NO2S/c1-11-6-4-5-9-16(11)15(17)13-8-7-12(19-3)10-14(13)18-2/h7-8,10-11H,4-6,9H2,1-3H3/t11-/m1/s1. The lowest BCUT2D eigenvalue weighted by Gasteiger charge is -2.33. The minimum atomic E-state index is 0.0942. The van der Waals surface area contributed by atoms with Gasteiger partial charge in [-0.15, -0.1) is 11.8 Å². The zero-order valence-corrected chi connectivity index (χ0v) is 12.6. The van der Waals surface area contributed by atoms with Crippen molar-refractivity contribution in [1.82, 2.24) is 4.90 Å².